The summed E-state index contributed by atoms with van der Waals surface area (Å²) in [4.78, 5) is 18.8. The minimum absolute atomic E-state index is 0.119. The van der Waals surface area contributed by atoms with Gasteiger partial charge in [0.2, 0.25) is 0 Å². The zero-order valence-electron chi connectivity index (χ0n) is 6.66. The molecule has 0 bridgehead atoms. The fourth-order valence-electron chi connectivity index (χ4n) is 0.846. The average Bonchev–Trinajstić information content (AvgIpc) is 1.93. The van der Waals surface area contributed by atoms with Gasteiger partial charge in [-0.2, -0.15) is 0 Å². The highest BCUT2D eigenvalue weighted by molar-refractivity contribution is 5.77. The molecule has 0 unspecified atom stereocenters. The van der Waals surface area contributed by atoms with Crippen molar-refractivity contribution in [2.75, 3.05) is 0 Å². The SMILES string of the molecule is CC(=O)Cc1nccnc1C. The molecule has 1 aromatic heterocycles. The second kappa shape index (κ2) is 3.23. The van der Waals surface area contributed by atoms with Crippen LogP contribution in [0.15, 0.2) is 12.4 Å². The van der Waals surface area contributed by atoms with Gasteiger partial charge in [-0.15, -0.1) is 0 Å². The molecule has 0 amide bonds. The molecule has 11 heavy (non-hydrogen) atoms. The summed E-state index contributed by atoms with van der Waals surface area (Å²) < 4.78 is 0. The highest BCUT2D eigenvalue weighted by Gasteiger charge is 2.01. The number of aryl methyl sites for hydroxylation is 1. The van der Waals surface area contributed by atoms with Crippen LogP contribution >= 0.6 is 0 Å². The smallest absolute Gasteiger partial charge is 0.135 e. The average molecular weight is 150 g/mol. The molecule has 0 aliphatic rings. The van der Waals surface area contributed by atoms with Gasteiger partial charge >= 0.3 is 0 Å². The Morgan fingerprint density at radius 3 is 2.64 bits per heavy atom. The Morgan fingerprint density at radius 2 is 2.09 bits per heavy atom. The number of hydrogen-bond acceptors (Lipinski definition) is 3. The highest BCUT2D eigenvalue weighted by atomic mass is 16.1. The van der Waals surface area contributed by atoms with E-state index in [9.17, 15) is 4.79 Å². The number of carbonyl (C=O) groups is 1. The van der Waals surface area contributed by atoms with Gasteiger partial charge in [0.1, 0.15) is 5.78 Å². The van der Waals surface area contributed by atoms with E-state index < -0.39 is 0 Å². The normalized spacial score (nSPS) is 9.64. The summed E-state index contributed by atoms with van der Waals surface area (Å²) >= 11 is 0. The van der Waals surface area contributed by atoms with Crippen molar-refractivity contribution in [2.24, 2.45) is 0 Å². The minimum Gasteiger partial charge on any atom is -0.300 e. The first-order valence-corrected chi connectivity index (χ1v) is 3.46. The molecule has 1 aromatic rings. The van der Waals surface area contributed by atoms with Crippen LogP contribution in [0.1, 0.15) is 18.3 Å². The van der Waals surface area contributed by atoms with Crippen molar-refractivity contribution < 1.29 is 4.79 Å². The topological polar surface area (TPSA) is 42.9 Å². The van der Waals surface area contributed by atoms with Crippen LogP contribution in [-0.2, 0) is 11.2 Å². The van der Waals surface area contributed by atoms with E-state index >= 15 is 0 Å². The third-order valence-electron chi connectivity index (χ3n) is 1.40. The Bertz CT molecular complexity index is 271. The zero-order valence-corrected chi connectivity index (χ0v) is 6.66. The second-order valence-electron chi connectivity index (χ2n) is 2.47. The van der Waals surface area contributed by atoms with E-state index in [0.717, 1.165) is 11.4 Å². The van der Waals surface area contributed by atoms with Gasteiger partial charge in [0, 0.05) is 12.4 Å². The molecule has 1 rings (SSSR count). The Balaban J connectivity index is 2.86. The highest BCUT2D eigenvalue weighted by Crippen LogP contribution is 1.99. The lowest BCUT2D eigenvalue weighted by atomic mass is 10.2. The third kappa shape index (κ3) is 2.11. The number of hydrogen-bond donors (Lipinski definition) is 0. The number of ketones is 1. The van der Waals surface area contributed by atoms with Crippen molar-refractivity contribution in [3.63, 3.8) is 0 Å². The first kappa shape index (κ1) is 7.85. The van der Waals surface area contributed by atoms with Gasteiger partial charge in [0.15, 0.2) is 0 Å². The van der Waals surface area contributed by atoms with Crippen molar-refractivity contribution in [3.05, 3.63) is 23.8 Å². The van der Waals surface area contributed by atoms with Crippen molar-refractivity contribution in [2.45, 2.75) is 20.3 Å². The predicted molar refractivity (Wildman–Crippen MR) is 41.2 cm³/mol. The van der Waals surface area contributed by atoms with Gasteiger partial charge in [-0.25, -0.2) is 0 Å². The van der Waals surface area contributed by atoms with Gasteiger partial charge in [-0.05, 0) is 13.8 Å². The molecular formula is C8H10N2O. The molecule has 0 aliphatic heterocycles. The Kier molecular flexibility index (Phi) is 2.31. The number of nitrogens with zero attached hydrogens (tertiary/aromatic N) is 2. The molecular weight excluding hydrogens is 140 g/mol. The van der Waals surface area contributed by atoms with Gasteiger partial charge in [-0.3, -0.25) is 14.8 Å². The fourth-order valence-corrected chi connectivity index (χ4v) is 0.846. The molecule has 0 fully saturated rings. The lowest BCUT2D eigenvalue weighted by Crippen LogP contribution is -2.02. The van der Waals surface area contributed by atoms with Crippen LogP contribution in [0.2, 0.25) is 0 Å². The summed E-state index contributed by atoms with van der Waals surface area (Å²) in [6, 6.07) is 0. The van der Waals surface area contributed by atoms with Crippen LogP contribution in [0.5, 0.6) is 0 Å². The van der Waals surface area contributed by atoms with Crippen LogP contribution < -0.4 is 0 Å². The molecule has 0 saturated heterocycles. The van der Waals surface area contributed by atoms with E-state index in [1.165, 1.54) is 0 Å². The maximum absolute atomic E-state index is 10.7. The molecule has 0 N–H and O–H groups in total. The molecule has 58 valence electrons. The molecule has 1 heterocycles. The van der Waals surface area contributed by atoms with Gasteiger partial charge in [-0.1, -0.05) is 0 Å². The van der Waals surface area contributed by atoms with Crippen molar-refractivity contribution in [3.8, 4) is 0 Å². The monoisotopic (exact) mass is 150 g/mol. The number of aromatic nitrogens is 2. The van der Waals surface area contributed by atoms with Crippen molar-refractivity contribution in [1.29, 1.82) is 0 Å². The number of rotatable bonds is 2. The molecule has 0 spiro atoms. The molecule has 0 radical (unpaired) electrons. The summed E-state index contributed by atoms with van der Waals surface area (Å²) in [5, 5.41) is 0. The molecule has 0 atom stereocenters. The fraction of sp³-hybridized carbons (Fsp3) is 0.375. The largest absolute Gasteiger partial charge is 0.300 e. The van der Waals surface area contributed by atoms with Gasteiger partial charge < -0.3 is 0 Å². The van der Waals surface area contributed by atoms with E-state index in [2.05, 4.69) is 9.97 Å². The molecule has 3 nitrogen and oxygen atoms in total. The zero-order chi connectivity index (χ0) is 8.27. The molecule has 0 aromatic carbocycles. The Morgan fingerprint density at radius 1 is 1.45 bits per heavy atom. The van der Waals surface area contributed by atoms with E-state index in [-0.39, 0.29) is 5.78 Å². The second-order valence-corrected chi connectivity index (χ2v) is 2.47. The first-order chi connectivity index (χ1) is 5.20. The van der Waals surface area contributed by atoms with Crippen LogP contribution in [0, 0.1) is 6.92 Å². The van der Waals surface area contributed by atoms with Crippen molar-refractivity contribution in [1.82, 2.24) is 9.97 Å². The lowest BCUT2D eigenvalue weighted by molar-refractivity contribution is -0.116. The van der Waals surface area contributed by atoms with Crippen LogP contribution in [0.25, 0.3) is 0 Å². The molecule has 0 saturated carbocycles. The van der Waals surface area contributed by atoms with Crippen LogP contribution in [0.3, 0.4) is 0 Å². The quantitative estimate of drug-likeness (QED) is 0.629. The summed E-state index contributed by atoms with van der Waals surface area (Å²) in [7, 11) is 0. The number of carbonyl (C=O) groups excluding carboxylic acids is 1. The van der Waals surface area contributed by atoms with Gasteiger partial charge in [0.05, 0.1) is 17.8 Å². The summed E-state index contributed by atoms with van der Waals surface area (Å²) in [6.07, 6.45) is 3.61. The van der Waals surface area contributed by atoms with E-state index in [0.29, 0.717) is 6.42 Å². The van der Waals surface area contributed by atoms with Gasteiger partial charge in [0.25, 0.3) is 0 Å². The van der Waals surface area contributed by atoms with E-state index in [1.807, 2.05) is 6.92 Å². The maximum Gasteiger partial charge on any atom is 0.135 e. The Labute approximate surface area is 65.5 Å². The lowest BCUT2D eigenvalue weighted by Gasteiger charge is -1.98. The summed E-state index contributed by atoms with van der Waals surface area (Å²) in [5.41, 5.74) is 1.61. The predicted octanol–water partition coefficient (Wildman–Crippen LogP) is 0.917. The molecule has 3 heteroatoms. The summed E-state index contributed by atoms with van der Waals surface area (Å²) in [6.45, 7) is 3.40. The van der Waals surface area contributed by atoms with E-state index in [4.69, 9.17) is 0 Å². The maximum atomic E-state index is 10.7. The standard InChI is InChI=1S/C8H10N2O/c1-6(11)5-8-7(2)9-3-4-10-8/h3-4H,5H2,1-2H3. The van der Waals surface area contributed by atoms with Crippen LogP contribution in [0.4, 0.5) is 0 Å². The Hall–Kier alpha value is -1.25. The molecule has 0 aliphatic carbocycles. The van der Waals surface area contributed by atoms with Crippen molar-refractivity contribution >= 4 is 5.78 Å². The number of Topliss-reactive ketones (excluding diaryl/α,β-unsaturated/α-hetero) is 1. The minimum atomic E-state index is 0.119. The summed E-state index contributed by atoms with van der Waals surface area (Å²) in [5.74, 6) is 0.119. The first-order valence-electron chi connectivity index (χ1n) is 3.46. The van der Waals surface area contributed by atoms with Crippen LogP contribution in [-0.4, -0.2) is 15.8 Å². The third-order valence-corrected chi connectivity index (χ3v) is 1.40. The van der Waals surface area contributed by atoms with E-state index in [1.54, 1.807) is 19.3 Å².